The number of nitrogens with one attached hydrogen (secondary N) is 2. The van der Waals surface area contributed by atoms with Crippen LogP contribution in [0.3, 0.4) is 0 Å². The summed E-state index contributed by atoms with van der Waals surface area (Å²) in [4.78, 5) is 14.7. The highest BCUT2D eigenvalue weighted by atomic mass is 32.1. The largest absolute Gasteiger partial charge is 0.496 e. The number of rotatable bonds is 3. The van der Waals surface area contributed by atoms with Gasteiger partial charge in [-0.2, -0.15) is 0 Å². The monoisotopic (exact) mass is 402 g/mol. The van der Waals surface area contributed by atoms with Crippen LogP contribution in [0.2, 0.25) is 0 Å². The Hall–Kier alpha value is -3.05. The summed E-state index contributed by atoms with van der Waals surface area (Å²) in [5.41, 5.74) is 4.78. The predicted octanol–water partition coefficient (Wildman–Crippen LogP) is 5.74. The zero-order valence-electron chi connectivity index (χ0n) is 16.1. The number of Topliss-reactive ketones (excluding diaryl/α,β-unsaturated/α-hetero) is 1. The molecular formula is C24H22N2O2S. The molecule has 2 aromatic carbocycles. The molecule has 5 heteroatoms. The van der Waals surface area contributed by atoms with E-state index in [1.807, 2.05) is 42.5 Å². The van der Waals surface area contributed by atoms with E-state index >= 15 is 0 Å². The first-order chi connectivity index (χ1) is 14.2. The van der Waals surface area contributed by atoms with Crippen molar-refractivity contribution in [2.45, 2.75) is 24.8 Å². The topological polar surface area (TPSA) is 50.4 Å². The van der Waals surface area contributed by atoms with Gasteiger partial charge in [-0.15, -0.1) is 11.3 Å². The molecule has 2 aliphatic rings. The fourth-order valence-corrected chi connectivity index (χ4v) is 5.19. The normalized spacial score (nSPS) is 20.8. The van der Waals surface area contributed by atoms with E-state index in [0.29, 0.717) is 6.42 Å². The second-order valence-electron chi connectivity index (χ2n) is 7.43. The lowest BCUT2D eigenvalue weighted by Crippen LogP contribution is -2.26. The maximum Gasteiger partial charge on any atom is 0.163 e. The minimum absolute atomic E-state index is 0.188. The molecule has 2 N–H and O–H groups in total. The molecule has 4 nitrogen and oxygen atoms in total. The molecule has 29 heavy (non-hydrogen) atoms. The number of anilines is 2. The van der Waals surface area contributed by atoms with Gasteiger partial charge in [0.1, 0.15) is 5.75 Å². The Morgan fingerprint density at radius 3 is 2.55 bits per heavy atom. The van der Waals surface area contributed by atoms with Crippen molar-refractivity contribution in [3.8, 4) is 5.75 Å². The first kappa shape index (κ1) is 18.0. The molecule has 0 radical (unpaired) electrons. The summed E-state index contributed by atoms with van der Waals surface area (Å²) in [6.07, 6.45) is 1.36. The molecule has 146 valence electrons. The number of methoxy groups -OCH3 is 1. The molecule has 0 saturated heterocycles. The number of benzene rings is 2. The van der Waals surface area contributed by atoms with Crippen molar-refractivity contribution in [1.82, 2.24) is 0 Å². The smallest absolute Gasteiger partial charge is 0.163 e. The van der Waals surface area contributed by atoms with Gasteiger partial charge < -0.3 is 15.4 Å². The molecule has 2 atom stereocenters. The molecule has 0 spiro atoms. The average molecular weight is 403 g/mol. The molecule has 1 aliphatic heterocycles. The maximum absolute atomic E-state index is 13.4. The van der Waals surface area contributed by atoms with E-state index in [1.54, 1.807) is 18.4 Å². The quantitative estimate of drug-likeness (QED) is 0.587. The number of allylic oxidation sites excluding steroid dienone is 1. The van der Waals surface area contributed by atoms with Crippen LogP contribution in [0.25, 0.3) is 0 Å². The third-order valence-corrected chi connectivity index (χ3v) is 6.74. The number of thiophene rings is 1. The zero-order chi connectivity index (χ0) is 19.8. The fourth-order valence-electron chi connectivity index (χ4n) is 4.36. The van der Waals surface area contributed by atoms with Gasteiger partial charge in [-0.1, -0.05) is 36.4 Å². The Balaban J connectivity index is 1.65. The molecule has 0 amide bonds. The number of hydrogen-bond donors (Lipinski definition) is 2. The van der Waals surface area contributed by atoms with Gasteiger partial charge in [0.05, 0.1) is 24.5 Å². The number of ketones is 1. The van der Waals surface area contributed by atoms with E-state index in [-0.39, 0.29) is 17.7 Å². The predicted molar refractivity (Wildman–Crippen MR) is 118 cm³/mol. The number of ether oxygens (including phenoxy) is 1. The van der Waals surface area contributed by atoms with Gasteiger partial charge in [0, 0.05) is 34.0 Å². The van der Waals surface area contributed by atoms with E-state index < -0.39 is 0 Å². The highest BCUT2D eigenvalue weighted by Crippen LogP contribution is 2.46. The van der Waals surface area contributed by atoms with Gasteiger partial charge in [-0.05, 0) is 36.1 Å². The number of carbonyl (C=O) groups excluding carboxylic acids is 1. The summed E-state index contributed by atoms with van der Waals surface area (Å²) < 4.78 is 5.63. The SMILES string of the molecule is COc1ccccc1[C@@H]1Nc2ccccc2NC2=C1C(=O)C[C@H](c1cccs1)C2. The van der Waals surface area contributed by atoms with Gasteiger partial charge >= 0.3 is 0 Å². The lowest BCUT2D eigenvalue weighted by Gasteiger charge is -2.29. The minimum atomic E-state index is -0.255. The zero-order valence-corrected chi connectivity index (χ0v) is 17.0. The number of para-hydroxylation sites is 3. The number of hydrogen-bond acceptors (Lipinski definition) is 5. The first-order valence-corrected chi connectivity index (χ1v) is 10.7. The van der Waals surface area contributed by atoms with Crippen LogP contribution in [-0.2, 0) is 4.79 Å². The number of carbonyl (C=O) groups is 1. The van der Waals surface area contributed by atoms with E-state index in [9.17, 15) is 4.79 Å². The summed E-state index contributed by atoms with van der Waals surface area (Å²) in [5, 5.41) is 9.27. The Bertz CT molecular complexity index is 1090. The first-order valence-electron chi connectivity index (χ1n) is 9.79. The lowest BCUT2D eigenvalue weighted by atomic mass is 9.80. The average Bonchev–Trinajstić information content (AvgIpc) is 3.23. The summed E-state index contributed by atoms with van der Waals surface area (Å²) in [7, 11) is 1.67. The van der Waals surface area contributed by atoms with Gasteiger partial charge in [0.25, 0.3) is 0 Å². The van der Waals surface area contributed by atoms with Gasteiger partial charge in [0.15, 0.2) is 5.78 Å². The van der Waals surface area contributed by atoms with E-state index in [0.717, 1.165) is 40.4 Å². The minimum Gasteiger partial charge on any atom is -0.496 e. The second kappa shape index (κ2) is 7.41. The molecule has 3 aromatic rings. The molecule has 2 heterocycles. The van der Waals surface area contributed by atoms with Crippen molar-refractivity contribution in [3.63, 3.8) is 0 Å². The fraction of sp³-hybridized carbons (Fsp3) is 0.208. The van der Waals surface area contributed by atoms with E-state index in [1.165, 1.54) is 4.88 Å². The molecule has 0 unspecified atom stereocenters. The van der Waals surface area contributed by atoms with Crippen LogP contribution in [0.1, 0.15) is 35.2 Å². The standard InChI is InChI=1S/C24H22N2O2S/c1-28-21-10-5-2-7-16(21)24-23-19(25-17-8-3-4-9-18(17)26-24)13-15(14-20(23)27)22-11-6-12-29-22/h2-12,15,24-26H,13-14H2,1H3/t15-,24+/m1/s1. The maximum atomic E-state index is 13.4. The van der Waals surface area contributed by atoms with Crippen molar-refractivity contribution in [2.75, 3.05) is 17.7 Å². The molecular weight excluding hydrogens is 380 g/mol. The highest BCUT2D eigenvalue weighted by Gasteiger charge is 2.37. The Kier molecular flexibility index (Phi) is 4.60. The molecule has 1 aromatic heterocycles. The Morgan fingerprint density at radius 2 is 1.76 bits per heavy atom. The third-order valence-electron chi connectivity index (χ3n) is 5.70. The Morgan fingerprint density at radius 1 is 0.966 bits per heavy atom. The summed E-state index contributed by atoms with van der Waals surface area (Å²) in [6.45, 7) is 0. The van der Waals surface area contributed by atoms with Gasteiger partial charge in [-0.3, -0.25) is 4.79 Å². The Labute approximate surface area is 174 Å². The van der Waals surface area contributed by atoms with Crippen LogP contribution >= 0.6 is 11.3 Å². The van der Waals surface area contributed by atoms with Crippen LogP contribution in [0.4, 0.5) is 11.4 Å². The summed E-state index contributed by atoms with van der Waals surface area (Å²) >= 11 is 1.73. The van der Waals surface area contributed by atoms with Crippen molar-refractivity contribution in [3.05, 3.63) is 87.8 Å². The van der Waals surface area contributed by atoms with E-state index in [2.05, 4.69) is 34.2 Å². The van der Waals surface area contributed by atoms with Crippen molar-refractivity contribution >= 4 is 28.5 Å². The van der Waals surface area contributed by atoms with Crippen LogP contribution in [-0.4, -0.2) is 12.9 Å². The van der Waals surface area contributed by atoms with E-state index in [4.69, 9.17) is 4.74 Å². The highest BCUT2D eigenvalue weighted by molar-refractivity contribution is 7.10. The lowest BCUT2D eigenvalue weighted by molar-refractivity contribution is -0.116. The molecule has 1 aliphatic carbocycles. The molecule has 0 bridgehead atoms. The van der Waals surface area contributed by atoms with Gasteiger partial charge in [-0.25, -0.2) is 0 Å². The van der Waals surface area contributed by atoms with Gasteiger partial charge in [0.2, 0.25) is 0 Å². The van der Waals surface area contributed by atoms with Crippen LogP contribution in [0.5, 0.6) is 5.75 Å². The van der Waals surface area contributed by atoms with Crippen molar-refractivity contribution in [1.29, 1.82) is 0 Å². The molecule has 5 rings (SSSR count). The summed E-state index contributed by atoms with van der Waals surface area (Å²) in [5.74, 6) is 1.19. The second-order valence-corrected chi connectivity index (χ2v) is 8.41. The van der Waals surface area contributed by atoms with Crippen LogP contribution in [0.15, 0.2) is 77.3 Å². The molecule has 0 fully saturated rings. The summed E-state index contributed by atoms with van der Waals surface area (Å²) in [6, 6.07) is 20.0. The van der Waals surface area contributed by atoms with Crippen molar-refractivity contribution in [2.24, 2.45) is 0 Å². The number of fused-ring (bicyclic) bond motifs is 1. The van der Waals surface area contributed by atoms with Crippen LogP contribution in [0, 0.1) is 0 Å². The van der Waals surface area contributed by atoms with Crippen molar-refractivity contribution < 1.29 is 9.53 Å². The van der Waals surface area contributed by atoms with Crippen LogP contribution < -0.4 is 15.4 Å². The third kappa shape index (κ3) is 3.21. The molecule has 0 saturated carbocycles.